The van der Waals surface area contributed by atoms with Gasteiger partial charge in [0.15, 0.2) is 5.96 Å². The highest BCUT2D eigenvalue weighted by molar-refractivity contribution is 5.91. The van der Waals surface area contributed by atoms with Crippen LogP contribution in [0.2, 0.25) is 0 Å². The summed E-state index contributed by atoms with van der Waals surface area (Å²) in [5.74, 6) is -0.266. The fourth-order valence-corrected chi connectivity index (χ4v) is 1.65. The number of guanidine groups is 1. The highest BCUT2D eigenvalue weighted by Gasteiger charge is 2.04. The molecule has 0 saturated carbocycles. The quantitative estimate of drug-likeness (QED) is 0.512. The zero-order valence-corrected chi connectivity index (χ0v) is 13.1. The van der Waals surface area contributed by atoms with Crippen molar-refractivity contribution in [2.24, 2.45) is 5.73 Å². The first kappa shape index (κ1) is 18.0. The lowest BCUT2D eigenvalue weighted by Crippen LogP contribution is -2.21. The lowest BCUT2D eigenvalue weighted by atomic mass is 10.2. The van der Waals surface area contributed by atoms with Crippen LogP contribution in [0.4, 0.5) is 5.69 Å². The average molecular weight is 315 g/mol. The summed E-state index contributed by atoms with van der Waals surface area (Å²) in [5, 5.41) is 18.2. The Morgan fingerprint density at radius 2 is 1.70 bits per heavy atom. The summed E-state index contributed by atoms with van der Waals surface area (Å²) in [6.45, 7) is 3.90. The molecule has 2 rings (SSSR count). The first-order valence-corrected chi connectivity index (χ1v) is 7.05. The summed E-state index contributed by atoms with van der Waals surface area (Å²) < 4.78 is 5.53. The van der Waals surface area contributed by atoms with Crippen molar-refractivity contribution < 1.29 is 14.6 Å². The van der Waals surface area contributed by atoms with E-state index >= 15 is 0 Å². The summed E-state index contributed by atoms with van der Waals surface area (Å²) >= 11 is 0. The molecule has 0 aliphatic carbocycles. The maximum absolute atomic E-state index is 10.2. The van der Waals surface area contributed by atoms with Crippen molar-refractivity contribution in [1.82, 2.24) is 0 Å². The van der Waals surface area contributed by atoms with Gasteiger partial charge < -0.3 is 20.9 Å². The molecule has 0 heterocycles. The number of ether oxygens (including phenoxy) is 1. The van der Waals surface area contributed by atoms with E-state index in [9.17, 15) is 4.79 Å². The smallest absolute Gasteiger partial charge is 0.335 e. The van der Waals surface area contributed by atoms with E-state index in [1.54, 1.807) is 30.3 Å². The molecular weight excluding hydrogens is 294 g/mol. The Morgan fingerprint density at radius 1 is 1.13 bits per heavy atom. The van der Waals surface area contributed by atoms with Crippen LogP contribution < -0.4 is 15.8 Å². The lowest BCUT2D eigenvalue weighted by molar-refractivity contribution is 0.0697. The van der Waals surface area contributed by atoms with Gasteiger partial charge in [-0.05, 0) is 38.1 Å². The lowest BCUT2D eigenvalue weighted by Gasteiger charge is -2.14. The summed E-state index contributed by atoms with van der Waals surface area (Å²) in [6, 6.07) is 15.7. The summed E-state index contributed by atoms with van der Waals surface area (Å²) in [4.78, 5) is 10.2. The molecule has 2 aromatic rings. The molecule has 23 heavy (non-hydrogen) atoms. The molecular formula is C17H21N3O3. The molecule has 0 spiro atoms. The van der Waals surface area contributed by atoms with Crippen LogP contribution in [0.15, 0.2) is 54.6 Å². The van der Waals surface area contributed by atoms with Gasteiger partial charge in [0.25, 0.3) is 0 Å². The number of carboxylic acids is 1. The Hall–Kier alpha value is -3.02. The number of rotatable bonds is 4. The van der Waals surface area contributed by atoms with Crippen molar-refractivity contribution in [2.75, 3.05) is 5.32 Å². The number of carboxylic acid groups (broad SMARTS) is 1. The standard InChI is InChI=1S/C10H15N3O.C7H6O2/c1-7(2)14-9-6-4-3-5-8(9)13-10(11)12;8-7(9)6-4-2-1-3-5-6/h3-7H,1-2H3,(H4,11,12,13);1-5H,(H,8,9). The molecule has 6 heteroatoms. The van der Waals surface area contributed by atoms with Gasteiger partial charge in [0.1, 0.15) is 5.75 Å². The fourth-order valence-electron chi connectivity index (χ4n) is 1.65. The molecule has 2 aromatic carbocycles. The largest absolute Gasteiger partial charge is 0.489 e. The molecule has 0 bridgehead atoms. The third-order valence-electron chi connectivity index (χ3n) is 2.54. The Morgan fingerprint density at radius 3 is 2.17 bits per heavy atom. The second kappa shape index (κ2) is 9.09. The molecule has 0 fully saturated rings. The summed E-state index contributed by atoms with van der Waals surface area (Å²) in [5.41, 5.74) is 6.29. The Labute approximate surface area is 135 Å². The minimum absolute atomic E-state index is 0.0928. The van der Waals surface area contributed by atoms with E-state index in [4.69, 9.17) is 21.0 Å². The minimum atomic E-state index is -0.879. The molecule has 0 aliphatic rings. The van der Waals surface area contributed by atoms with Gasteiger partial charge in [-0.15, -0.1) is 0 Å². The van der Waals surface area contributed by atoms with Crippen LogP contribution in [0.5, 0.6) is 5.75 Å². The number of nitrogens with two attached hydrogens (primary N) is 1. The Bertz CT molecular complexity index is 643. The first-order chi connectivity index (χ1) is 10.9. The monoisotopic (exact) mass is 315 g/mol. The molecule has 0 aliphatic heterocycles. The second-order valence-corrected chi connectivity index (χ2v) is 4.87. The van der Waals surface area contributed by atoms with E-state index in [0.29, 0.717) is 17.0 Å². The number of nitrogens with one attached hydrogen (secondary N) is 2. The summed E-state index contributed by atoms with van der Waals surface area (Å²) in [6.07, 6.45) is 0.102. The van der Waals surface area contributed by atoms with Gasteiger partial charge in [-0.25, -0.2) is 4.79 Å². The van der Waals surface area contributed by atoms with Gasteiger partial charge >= 0.3 is 5.97 Å². The molecule has 5 N–H and O–H groups in total. The molecule has 6 nitrogen and oxygen atoms in total. The maximum atomic E-state index is 10.2. The fraction of sp³-hybridized carbons (Fsp3) is 0.176. The van der Waals surface area contributed by atoms with Crippen LogP contribution in [0.25, 0.3) is 0 Å². The van der Waals surface area contributed by atoms with Crippen molar-refractivity contribution in [3.8, 4) is 5.75 Å². The van der Waals surface area contributed by atoms with Crippen molar-refractivity contribution in [3.05, 3.63) is 60.2 Å². The third-order valence-corrected chi connectivity index (χ3v) is 2.54. The van der Waals surface area contributed by atoms with E-state index in [1.165, 1.54) is 0 Å². The van der Waals surface area contributed by atoms with Crippen LogP contribution in [0.3, 0.4) is 0 Å². The van der Waals surface area contributed by atoms with Crippen molar-refractivity contribution in [2.45, 2.75) is 20.0 Å². The van der Waals surface area contributed by atoms with Crippen LogP contribution >= 0.6 is 0 Å². The van der Waals surface area contributed by atoms with Crippen LogP contribution in [-0.4, -0.2) is 23.1 Å². The van der Waals surface area contributed by atoms with Gasteiger partial charge in [-0.1, -0.05) is 30.3 Å². The van der Waals surface area contributed by atoms with E-state index in [1.807, 2.05) is 38.1 Å². The van der Waals surface area contributed by atoms with Crippen LogP contribution in [0.1, 0.15) is 24.2 Å². The molecule has 0 unspecified atom stereocenters. The van der Waals surface area contributed by atoms with Gasteiger partial charge in [-0.2, -0.15) is 0 Å². The SMILES string of the molecule is CC(C)Oc1ccccc1NC(=N)N.O=C(O)c1ccccc1. The number of para-hydroxylation sites is 2. The van der Waals surface area contributed by atoms with E-state index in [0.717, 1.165) is 0 Å². The number of aromatic carboxylic acids is 1. The van der Waals surface area contributed by atoms with Crippen molar-refractivity contribution >= 4 is 17.6 Å². The molecule has 0 aromatic heterocycles. The Balaban J connectivity index is 0.000000253. The molecule has 0 saturated heterocycles. The van der Waals surface area contributed by atoms with Crippen LogP contribution in [0, 0.1) is 5.41 Å². The molecule has 0 radical (unpaired) electrons. The van der Waals surface area contributed by atoms with Gasteiger partial charge in [0.05, 0.1) is 17.4 Å². The zero-order valence-electron chi connectivity index (χ0n) is 13.1. The predicted molar refractivity (Wildman–Crippen MR) is 91.1 cm³/mol. The van der Waals surface area contributed by atoms with Crippen molar-refractivity contribution in [1.29, 1.82) is 5.41 Å². The van der Waals surface area contributed by atoms with Crippen molar-refractivity contribution in [3.63, 3.8) is 0 Å². The zero-order chi connectivity index (χ0) is 17.2. The molecule has 0 amide bonds. The predicted octanol–water partition coefficient (Wildman–Crippen LogP) is 3.16. The van der Waals surface area contributed by atoms with E-state index in [2.05, 4.69) is 5.32 Å². The van der Waals surface area contributed by atoms with Gasteiger partial charge in [0, 0.05) is 0 Å². The van der Waals surface area contributed by atoms with Gasteiger partial charge in [-0.3, -0.25) is 5.41 Å². The number of benzene rings is 2. The minimum Gasteiger partial charge on any atom is -0.489 e. The van der Waals surface area contributed by atoms with E-state index in [-0.39, 0.29) is 12.1 Å². The Kier molecular flexibility index (Phi) is 7.13. The number of hydrogen-bond acceptors (Lipinski definition) is 3. The summed E-state index contributed by atoms with van der Waals surface area (Å²) in [7, 11) is 0. The van der Waals surface area contributed by atoms with E-state index < -0.39 is 5.97 Å². The third kappa shape index (κ3) is 6.99. The maximum Gasteiger partial charge on any atom is 0.335 e. The number of carbonyl (C=O) groups is 1. The van der Waals surface area contributed by atoms with Gasteiger partial charge in [0.2, 0.25) is 0 Å². The topological polar surface area (TPSA) is 108 Å². The van der Waals surface area contributed by atoms with Crippen LogP contribution in [-0.2, 0) is 0 Å². The highest BCUT2D eigenvalue weighted by Crippen LogP contribution is 2.24. The second-order valence-electron chi connectivity index (χ2n) is 4.87. The normalized spacial score (nSPS) is 9.52. The average Bonchev–Trinajstić information content (AvgIpc) is 2.50. The molecule has 0 atom stereocenters. The first-order valence-electron chi connectivity index (χ1n) is 7.05. The molecule has 122 valence electrons. The number of anilines is 1. The number of hydrogen-bond donors (Lipinski definition) is 4. The highest BCUT2D eigenvalue weighted by atomic mass is 16.5.